The van der Waals surface area contributed by atoms with Crippen LogP contribution < -0.4 is 16.0 Å². The summed E-state index contributed by atoms with van der Waals surface area (Å²) in [5, 5.41) is 6.14. The number of pyridine rings is 1. The molecule has 1 aliphatic rings. The molecule has 0 radical (unpaired) electrons. The first kappa shape index (κ1) is 21.2. The molecule has 3 N–H and O–H groups in total. The molecule has 0 unspecified atom stereocenters. The molecule has 0 saturated carbocycles. The number of nitrogens with two attached hydrogens (primary N) is 1. The number of hydrogen-bond acceptors (Lipinski definition) is 6. The van der Waals surface area contributed by atoms with Crippen molar-refractivity contribution in [3.63, 3.8) is 0 Å². The third kappa shape index (κ3) is 4.22. The van der Waals surface area contributed by atoms with Crippen LogP contribution in [0.4, 0.5) is 11.4 Å². The molecule has 1 aromatic carbocycles. The second kappa shape index (κ2) is 9.08. The molecule has 0 aliphatic carbocycles. The van der Waals surface area contributed by atoms with E-state index in [9.17, 15) is 0 Å². The Kier molecular flexibility index (Phi) is 6.21. The van der Waals surface area contributed by atoms with Crippen molar-refractivity contribution in [2.45, 2.75) is 31.5 Å². The number of fused-ring (bicyclic) bond motifs is 1. The largest absolute Gasteiger partial charge is 0.379 e. The van der Waals surface area contributed by atoms with E-state index in [-0.39, 0.29) is 12.1 Å². The van der Waals surface area contributed by atoms with E-state index in [0.29, 0.717) is 5.15 Å². The first-order chi connectivity index (χ1) is 15.1. The van der Waals surface area contributed by atoms with Crippen molar-refractivity contribution in [1.29, 1.82) is 0 Å². The second-order valence-corrected chi connectivity index (χ2v) is 10.9. The number of rotatable bonds is 5. The number of nitrogens with zero attached hydrogens (tertiary/aromatic N) is 2. The lowest BCUT2D eigenvalue weighted by Gasteiger charge is -2.41. The van der Waals surface area contributed by atoms with Crippen LogP contribution in [0.3, 0.4) is 0 Å². The smallest absolute Gasteiger partial charge is 0.131 e. The Morgan fingerprint density at radius 2 is 2.06 bits per heavy atom. The highest BCUT2D eigenvalue weighted by atomic mass is 79.9. The van der Waals surface area contributed by atoms with Crippen molar-refractivity contribution in [1.82, 2.24) is 4.98 Å². The predicted octanol–water partition coefficient (Wildman–Crippen LogP) is 7.05. The highest BCUT2D eigenvalue weighted by Gasteiger charge is 2.34. The molecular formula is C23H22BrClN4S2. The third-order valence-corrected chi connectivity index (χ3v) is 9.06. The molecule has 3 aromatic heterocycles. The Morgan fingerprint density at radius 3 is 2.84 bits per heavy atom. The van der Waals surface area contributed by atoms with Crippen molar-refractivity contribution in [2.24, 2.45) is 5.73 Å². The number of hydrogen-bond donors (Lipinski definition) is 2. The fraction of sp³-hybridized carbons (Fsp3) is 0.261. The van der Waals surface area contributed by atoms with Crippen LogP contribution in [0.5, 0.6) is 0 Å². The van der Waals surface area contributed by atoms with E-state index in [2.05, 4.69) is 79.0 Å². The van der Waals surface area contributed by atoms with E-state index >= 15 is 0 Å². The summed E-state index contributed by atoms with van der Waals surface area (Å²) in [4.78, 5) is 9.57. The maximum absolute atomic E-state index is 6.70. The molecule has 0 bridgehead atoms. The maximum Gasteiger partial charge on any atom is 0.131 e. The molecule has 0 amide bonds. The molecule has 4 aromatic rings. The molecule has 8 heteroatoms. The van der Waals surface area contributed by atoms with Gasteiger partial charge in [-0.25, -0.2) is 4.98 Å². The van der Waals surface area contributed by atoms with Crippen LogP contribution in [0, 0.1) is 0 Å². The van der Waals surface area contributed by atoms with Gasteiger partial charge in [-0.15, -0.1) is 22.7 Å². The SMILES string of the molecule is N[C@H]1CCCN(c2ccccc2)[C@@H]1c1sc2c(NCc3cccs3)cc(Cl)nc2c1Br. The lowest BCUT2D eigenvalue weighted by molar-refractivity contribution is 0.413. The van der Waals surface area contributed by atoms with Gasteiger partial charge >= 0.3 is 0 Å². The van der Waals surface area contributed by atoms with Gasteiger partial charge in [0.15, 0.2) is 0 Å². The molecular weight excluding hydrogens is 512 g/mol. The van der Waals surface area contributed by atoms with Gasteiger partial charge in [-0.2, -0.15) is 0 Å². The Balaban J connectivity index is 1.57. The molecule has 160 valence electrons. The summed E-state index contributed by atoms with van der Waals surface area (Å²) < 4.78 is 2.10. The summed E-state index contributed by atoms with van der Waals surface area (Å²) in [5.41, 5.74) is 9.81. The van der Waals surface area contributed by atoms with E-state index in [1.54, 1.807) is 22.7 Å². The average Bonchev–Trinajstić information content (AvgIpc) is 3.41. The van der Waals surface area contributed by atoms with Gasteiger partial charge in [-0.3, -0.25) is 0 Å². The zero-order chi connectivity index (χ0) is 21.4. The molecule has 5 rings (SSSR count). The number of thiophene rings is 2. The van der Waals surface area contributed by atoms with Gasteiger partial charge in [0, 0.05) is 40.6 Å². The molecule has 31 heavy (non-hydrogen) atoms. The number of halogens is 2. The molecule has 1 fully saturated rings. The van der Waals surface area contributed by atoms with Gasteiger partial charge in [0.05, 0.1) is 26.4 Å². The maximum atomic E-state index is 6.70. The van der Waals surface area contributed by atoms with E-state index < -0.39 is 0 Å². The monoisotopic (exact) mass is 532 g/mol. The van der Waals surface area contributed by atoms with Gasteiger partial charge < -0.3 is 16.0 Å². The Morgan fingerprint density at radius 1 is 1.23 bits per heavy atom. The van der Waals surface area contributed by atoms with E-state index in [1.165, 1.54) is 15.4 Å². The molecule has 2 atom stereocenters. The topological polar surface area (TPSA) is 54.2 Å². The average molecular weight is 534 g/mol. The van der Waals surface area contributed by atoms with Crippen LogP contribution in [0.15, 0.2) is 58.4 Å². The number of nitrogens with one attached hydrogen (secondary N) is 1. The summed E-state index contributed by atoms with van der Waals surface area (Å²) in [7, 11) is 0. The van der Waals surface area contributed by atoms with Crippen molar-refractivity contribution < 1.29 is 0 Å². The fourth-order valence-corrected chi connectivity index (χ4v) is 7.26. The van der Waals surface area contributed by atoms with Gasteiger partial charge in [0.25, 0.3) is 0 Å². The number of piperidine rings is 1. The molecule has 1 saturated heterocycles. The predicted molar refractivity (Wildman–Crippen MR) is 138 cm³/mol. The second-order valence-electron chi connectivity index (χ2n) is 7.66. The summed E-state index contributed by atoms with van der Waals surface area (Å²) >= 11 is 13.8. The normalized spacial score (nSPS) is 19.1. The summed E-state index contributed by atoms with van der Waals surface area (Å²) in [6.07, 6.45) is 2.10. The zero-order valence-electron chi connectivity index (χ0n) is 16.7. The van der Waals surface area contributed by atoms with Gasteiger partial charge in [0.1, 0.15) is 5.15 Å². The lowest BCUT2D eigenvalue weighted by Crippen LogP contribution is -2.45. The first-order valence-corrected chi connectivity index (χ1v) is 13.1. The van der Waals surface area contributed by atoms with Crippen LogP contribution in [0.1, 0.15) is 28.6 Å². The van der Waals surface area contributed by atoms with E-state index in [0.717, 1.165) is 46.3 Å². The first-order valence-electron chi connectivity index (χ1n) is 10.2. The number of anilines is 2. The minimum absolute atomic E-state index is 0.0521. The minimum Gasteiger partial charge on any atom is -0.379 e. The number of aromatic nitrogens is 1. The Hall–Kier alpha value is -1.64. The zero-order valence-corrected chi connectivity index (χ0v) is 20.7. The Labute approximate surface area is 203 Å². The van der Waals surface area contributed by atoms with Crippen LogP contribution in [0.2, 0.25) is 5.15 Å². The third-order valence-electron chi connectivity index (χ3n) is 5.65. The summed E-state index contributed by atoms with van der Waals surface area (Å²) in [6, 6.07) is 16.8. The van der Waals surface area contributed by atoms with Gasteiger partial charge in [-0.05, 0) is 52.4 Å². The number of benzene rings is 1. The molecule has 0 spiro atoms. The fourth-order valence-electron chi connectivity index (χ4n) is 4.21. The lowest BCUT2D eigenvalue weighted by atomic mass is 9.95. The van der Waals surface area contributed by atoms with Gasteiger partial charge in [0.2, 0.25) is 0 Å². The number of para-hydroxylation sites is 1. The van der Waals surface area contributed by atoms with Crippen LogP contribution in [-0.4, -0.2) is 17.6 Å². The van der Waals surface area contributed by atoms with Crippen molar-refractivity contribution >= 4 is 71.8 Å². The molecule has 1 aliphatic heterocycles. The highest BCUT2D eigenvalue weighted by molar-refractivity contribution is 9.10. The van der Waals surface area contributed by atoms with Gasteiger partial charge in [-0.1, -0.05) is 35.9 Å². The quantitative estimate of drug-likeness (QED) is 0.270. The highest BCUT2D eigenvalue weighted by Crippen LogP contribution is 2.47. The molecule has 4 heterocycles. The standard InChI is InChI=1S/C23H22BrClN4S2/c24-19-20-22(17(12-18(25)28-20)27-13-15-8-5-11-30-15)31-23(19)21-16(26)9-4-10-29(21)14-6-2-1-3-7-14/h1-3,5-8,11-12,16,21H,4,9-10,13,26H2,(H,27,28)/t16-,21-/m0/s1. The van der Waals surface area contributed by atoms with E-state index in [4.69, 9.17) is 17.3 Å². The summed E-state index contributed by atoms with van der Waals surface area (Å²) in [6.45, 7) is 1.75. The van der Waals surface area contributed by atoms with Crippen molar-refractivity contribution in [3.05, 3.63) is 73.3 Å². The Bertz CT molecular complexity index is 1180. The minimum atomic E-state index is 0.0521. The van der Waals surface area contributed by atoms with Crippen LogP contribution in [-0.2, 0) is 6.54 Å². The van der Waals surface area contributed by atoms with Crippen LogP contribution >= 0.6 is 50.2 Å². The van der Waals surface area contributed by atoms with Crippen molar-refractivity contribution in [3.8, 4) is 0 Å². The molecule has 4 nitrogen and oxygen atoms in total. The van der Waals surface area contributed by atoms with E-state index in [1.807, 2.05) is 6.07 Å². The summed E-state index contributed by atoms with van der Waals surface area (Å²) in [5.74, 6) is 0. The van der Waals surface area contributed by atoms with Crippen LogP contribution in [0.25, 0.3) is 10.2 Å². The van der Waals surface area contributed by atoms with Crippen molar-refractivity contribution in [2.75, 3.05) is 16.8 Å².